The van der Waals surface area contributed by atoms with Gasteiger partial charge in [0.25, 0.3) is 0 Å². The highest BCUT2D eigenvalue weighted by atomic mass is 35.5. The van der Waals surface area contributed by atoms with Crippen LogP contribution in [0.15, 0.2) is 30.3 Å². The number of nitrogens with zero attached hydrogens (tertiary/aromatic N) is 1. The van der Waals surface area contributed by atoms with E-state index >= 15 is 0 Å². The van der Waals surface area contributed by atoms with Crippen molar-refractivity contribution in [2.75, 3.05) is 24.5 Å². The van der Waals surface area contributed by atoms with E-state index in [1.54, 1.807) is 12.1 Å². The van der Waals surface area contributed by atoms with Crippen LogP contribution in [0, 0.1) is 0 Å². The van der Waals surface area contributed by atoms with Crippen molar-refractivity contribution in [3.63, 3.8) is 0 Å². The summed E-state index contributed by atoms with van der Waals surface area (Å²) in [6.45, 7) is 3.09. The third-order valence-electron chi connectivity index (χ3n) is 4.76. The molecule has 1 unspecified atom stereocenters. The molecule has 2 aliphatic heterocycles. The zero-order valence-corrected chi connectivity index (χ0v) is 14.8. The van der Waals surface area contributed by atoms with Gasteiger partial charge in [-0.1, -0.05) is 53.0 Å². The molecule has 23 heavy (non-hydrogen) atoms. The predicted octanol–water partition coefficient (Wildman–Crippen LogP) is 5.04. The van der Waals surface area contributed by atoms with E-state index in [1.807, 2.05) is 0 Å². The van der Waals surface area contributed by atoms with Crippen molar-refractivity contribution in [2.24, 2.45) is 0 Å². The van der Waals surface area contributed by atoms with Gasteiger partial charge in [-0.3, -0.25) is 0 Å². The molecule has 0 saturated carbocycles. The first kappa shape index (κ1) is 15.6. The number of fused-ring (bicyclic) bond motifs is 3. The van der Waals surface area contributed by atoms with Crippen molar-refractivity contribution in [1.82, 2.24) is 5.32 Å². The number of rotatable bonds is 1. The van der Waals surface area contributed by atoms with Crippen LogP contribution in [0.25, 0.3) is 11.1 Å². The maximum atomic E-state index is 6.48. The summed E-state index contributed by atoms with van der Waals surface area (Å²) in [4.78, 5) is 2.52. The fraction of sp³-hybridized carbons (Fsp3) is 0.333. The average Bonchev–Trinajstić information content (AvgIpc) is 2.69. The molecule has 0 aliphatic carbocycles. The minimum atomic E-state index is 0.561. The van der Waals surface area contributed by atoms with Crippen molar-refractivity contribution in [2.45, 2.75) is 18.9 Å². The van der Waals surface area contributed by atoms with Crippen molar-refractivity contribution < 1.29 is 0 Å². The standard InChI is InChI=1S/C18H17Cl3N2/c19-12-9-15(20)17(16(21)10-12)14-3-1-2-11-8-13-4-5-22-6-7-23(13)18(11)14/h1-3,9-10,13,22H,4-8H2. The van der Waals surface area contributed by atoms with E-state index in [2.05, 4.69) is 28.4 Å². The van der Waals surface area contributed by atoms with Gasteiger partial charge in [-0.25, -0.2) is 0 Å². The van der Waals surface area contributed by atoms with Crippen molar-refractivity contribution in [1.29, 1.82) is 0 Å². The lowest BCUT2D eigenvalue weighted by Crippen LogP contribution is -2.33. The first-order valence-corrected chi connectivity index (χ1v) is 9.02. The molecular weight excluding hydrogens is 351 g/mol. The van der Waals surface area contributed by atoms with E-state index in [1.165, 1.54) is 11.3 Å². The number of nitrogens with one attached hydrogen (secondary N) is 1. The maximum Gasteiger partial charge on any atom is 0.0514 e. The van der Waals surface area contributed by atoms with E-state index < -0.39 is 0 Å². The topological polar surface area (TPSA) is 15.3 Å². The van der Waals surface area contributed by atoms with Crippen LogP contribution in [0.3, 0.4) is 0 Å². The Morgan fingerprint density at radius 3 is 2.61 bits per heavy atom. The summed E-state index contributed by atoms with van der Waals surface area (Å²) < 4.78 is 0. The highest BCUT2D eigenvalue weighted by Crippen LogP contribution is 2.46. The van der Waals surface area contributed by atoms with Crippen LogP contribution < -0.4 is 10.2 Å². The van der Waals surface area contributed by atoms with E-state index in [4.69, 9.17) is 34.8 Å². The van der Waals surface area contributed by atoms with Gasteiger partial charge in [0, 0.05) is 41.0 Å². The van der Waals surface area contributed by atoms with Gasteiger partial charge >= 0.3 is 0 Å². The molecule has 0 radical (unpaired) electrons. The molecule has 1 fully saturated rings. The number of para-hydroxylation sites is 1. The molecule has 5 heteroatoms. The average molecular weight is 368 g/mol. The summed E-state index contributed by atoms with van der Waals surface area (Å²) in [5.74, 6) is 0. The first-order valence-electron chi connectivity index (χ1n) is 7.89. The Morgan fingerprint density at radius 2 is 1.83 bits per heavy atom. The van der Waals surface area contributed by atoms with Gasteiger partial charge < -0.3 is 10.2 Å². The lowest BCUT2D eigenvalue weighted by molar-refractivity contribution is 0.612. The number of anilines is 1. The van der Waals surface area contributed by atoms with Crippen LogP contribution in [0.1, 0.15) is 12.0 Å². The fourth-order valence-corrected chi connectivity index (χ4v) is 4.81. The smallest absolute Gasteiger partial charge is 0.0514 e. The zero-order chi connectivity index (χ0) is 16.0. The lowest BCUT2D eigenvalue weighted by atomic mass is 9.99. The van der Waals surface area contributed by atoms with Crippen molar-refractivity contribution in [3.8, 4) is 11.1 Å². The van der Waals surface area contributed by atoms with Crippen molar-refractivity contribution in [3.05, 3.63) is 51.0 Å². The molecule has 0 amide bonds. The van der Waals surface area contributed by atoms with Gasteiger partial charge in [-0.15, -0.1) is 0 Å². The summed E-state index contributed by atoms with van der Waals surface area (Å²) in [6, 6.07) is 10.5. The van der Waals surface area contributed by atoms with E-state index in [-0.39, 0.29) is 0 Å². The number of halogens is 3. The molecule has 120 valence electrons. The highest BCUT2D eigenvalue weighted by Gasteiger charge is 2.32. The predicted molar refractivity (Wildman–Crippen MR) is 99.2 cm³/mol. The summed E-state index contributed by atoms with van der Waals surface area (Å²) in [5.41, 5.74) is 4.66. The van der Waals surface area contributed by atoms with Gasteiger partial charge in [0.05, 0.1) is 10.0 Å². The first-order chi connectivity index (χ1) is 11.1. The quantitative estimate of drug-likeness (QED) is 0.759. The Kier molecular flexibility index (Phi) is 4.19. The lowest BCUT2D eigenvalue weighted by Gasteiger charge is -2.27. The Hall–Kier alpha value is -0.930. The van der Waals surface area contributed by atoms with E-state index in [9.17, 15) is 0 Å². The SMILES string of the molecule is Clc1cc(Cl)c(-c2cccc3c2N2CCNCCC2C3)c(Cl)c1. The Labute approximate surface area is 151 Å². The van der Waals surface area contributed by atoms with Crippen LogP contribution >= 0.6 is 34.8 Å². The molecule has 1 atom stereocenters. The molecule has 0 bridgehead atoms. The summed E-state index contributed by atoms with van der Waals surface area (Å²) in [7, 11) is 0. The monoisotopic (exact) mass is 366 g/mol. The molecule has 2 aromatic rings. The van der Waals surface area contributed by atoms with Crippen LogP contribution in [-0.4, -0.2) is 25.7 Å². The van der Waals surface area contributed by atoms with Crippen LogP contribution in [-0.2, 0) is 6.42 Å². The minimum absolute atomic E-state index is 0.561. The molecule has 2 heterocycles. The van der Waals surface area contributed by atoms with Gasteiger partial charge in [0.15, 0.2) is 0 Å². The zero-order valence-electron chi connectivity index (χ0n) is 12.6. The maximum absolute atomic E-state index is 6.48. The molecule has 0 aromatic heterocycles. The molecule has 2 nitrogen and oxygen atoms in total. The van der Waals surface area contributed by atoms with Crippen molar-refractivity contribution >= 4 is 40.5 Å². The summed E-state index contributed by atoms with van der Waals surface area (Å²) >= 11 is 19.0. The van der Waals surface area contributed by atoms with Gasteiger partial charge in [-0.05, 0) is 37.1 Å². The fourth-order valence-electron chi connectivity index (χ4n) is 3.79. The second-order valence-electron chi connectivity index (χ2n) is 6.15. The second kappa shape index (κ2) is 6.18. The number of hydrogen-bond donors (Lipinski definition) is 1. The van der Waals surface area contributed by atoms with Crippen LogP contribution in [0.5, 0.6) is 0 Å². The van der Waals surface area contributed by atoms with Crippen LogP contribution in [0.2, 0.25) is 15.1 Å². The Morgan fingerprint density at radius 1 is 1.04 bits per heavy atom. The molecule has 4 rings (SSSR count). The van der Waals surface area contributed by atoms with E-state index in [0.717, 1.165) is 43.6 Å². The van der Waals surface area contributed by atoms with Gasteiger partial charge in [0.2, 0.25) is 0 Å². The number of benzene rings is 2. The second-order valence-corrected chi connectivity index (χ2v) is 7.40. The summed E-state index contributed by atoms with van der Waals surface area (Å²) in [6.07, 6.45) is 2.25. The van der Waals surface area contributed by atoms with Gasteiger partial charge in [0.1, 0.15) is 0 Å². The normalized spacial score (nSPS) is 20.1. The minimum Gasteiger partial charge on any atom is -0.366 e. The largest absolute Gasteiger partial charge is 0.366 e. The Balaban J connectivity index is 1.89. The molecular formula is C18H17Cl3N2. The molecule has 1 N–H and O–H groups in total. The van der Waals surface area contributed by atoms with Gasteiger partial charge in [-0.2, -0.15) is 0 Å². The summed E-state index contributed by atoms with van der Waals surface area (Å²) in [5, 5.41) is 5.26. The molecule has 2 aliphatic rings. The molecule has 0 spiro atoms. The number of hydrogen-bond acceptors (Lipinski definition) is 2. The molecule has 1 saturated heterocycles. The van der Waals surface area contributed by atoms with E-state index in [0.29, 0.717) is 21.1 Å². The van der Waals surface area contributed by atoms with Crippen LogP contribution in [0.4, 0.5) is 5.69 Å². The third-order valence-corrected chi connectivity index (χ3v) is 5.58. The molecule has 2 aromatic carbocycles. The Bertz CT molecular complexity index is 737. The highest BCUT2D eigenvalue weighted by molar-refractivity contribution is 6.42. The third kappa shape index (κ3) is 2.72.